The van der Waals surface area contributed by atoms with Crippen LogP contribution in [-0.4, -0.2) is 38.5 Å². The van der Waals surface area contributed by atoms with Gasteiger partial charge in [-0.2, -0.15) is 10.2 Å². The van der Waals surface area contributed by atoms with Crippen LogP contribution in [0.2, 0.25) is 0 Å². The third-order valence-corrected chi connectivity index (χ3v) is 8.42. The lowest BCUT2D eigenvalue weighted by Gasteiger charge is -2.49. The molecule has 0 bridgehead atoms. The van der Waals surface area contributed by atoms with Gasteiger partial charge in [-0.1, -0.05) is 68.3 Å². The van der Waals surface area contributed by atoms with Crippen molar-refractivity contribution in [2.24, 2.45) is 0 Å². The Kier molecular flexibility index (Phi) is 7.20. The maximum Gasteiger partial charge on any atom is 0.144 e. The summed E-state index contributed by atoms with van der Waals surface area (Å²) in [6.07, 6.45) is 4.35. The van der Waals surface area contributed by atoms with Crippen molar-refractivity contribution in [3.8, 4) is 5.00 Å². The van der Waals surface area contributed by atoms with Crippen LogP contribution < -0.4 is 10.2 Å². The number of nitrogens with zero attached hydrogens (tertiary/aromatic N) is 5. The van der Waals surface area contributed by atoms with Gasteiger partial charge in [-0.25, -0.2) is 0 Å². The number of fused-ring (bicyclic) bond motifs is 1. The third-order valence-electron chi connectivity index (χ3n) is 7.14. The normalized spacial score (nSPS) is 13.7. The summed E-state index contributed by atoms with van der Waals surface area (Å²) in [6, 6.07) is 6.61. The van der Waals surface area contributed by atoms with Crippen molar-refractivity contribution in [1.29, 1.82) is 0 Å². The summed E-state index contributed by atoms with van der Waals surface area (Å²) in [4.78, 5) is 6.15. The molecule has 0 saturated carbocycles. The fourth-order valence-corrected chi connectivity index (χ4v) is 6.29. The van der Waals surface area contributed by atoms with E-state index in [-0.39, 0.29) is 0 Å². The fourth-order valence-electron chi connectivity index (χ4n) is 5.02. The molecule has 0 fully saturated rings. The lowest BCUT2D eigenvalue weighted by molar-refractivity contribution is 0.274. The van der Waals surface area contributed by atoms with Gasteiger partial charge in [0.1, 0.15) is 15.8 Å². The molecule has 194 valence electrons. The van der Waals surface area contributed by atoms with Crippen LogP contribution in [0.3, 0.4) is 0 Å². The highest BCUT2D eigenvalue weighted by Gasteiger charge is 2.42. The van der Waals surface area contributed by atoms with Crippen LogP contribution in [0.15, 0.2) is 68.4 Å². The van der Waals surface area contributed by atoms with E-state index in [1.807, 2.05) is 0 Å². The van der Waals surface area contributed by atoms with Gasteiger partial charge in [0.25, 0.3) is 0 Å². The molecule has 0 spiro atoms. The molecule has 1 aromatic carbocycles. The Balaban J connectivity index is 1.86. The summed E-state index contributed by atoms with van der Waals surface area (Å²) < 4.78 is 0. The van der Waals surface area contributed by atoms with E-state index in [4.69, 9.17) is 0 Å². The van der Waals surface area contributed by atoms with Crippen LogP contribution in [0.1, 0.15) is 55.5 Å². The van der Waals surface area contributed by atoms with E-state index in [1.165, 1.54) is 16.7 Å². The minimum absolute atomic E-state index is 0.474. The predicted molar refractivity (Wildman–Crippen MR) is 158 cm³/mol. The highest BCUT2D eigenvalue weighted by Crippen LogP contribution is 2.51. The number of thiophene rings is 1. The number of rotatable bonds is 9. The Morgan fingerprint density at radius 1 is 1.05 bits per heavy atom. The topological polar surface area (TPSA) is 49.2 Å². The molecule has 6 nitrogen and oxygen atoms in total. The molecule has 1 aliphatic rings. The molecular formula is C30H38N6S. The molecule has 2 aromatic heterocycles. The van der Waals surface area contributed by atoms with Crippen LogP contribution in [0.5, 0.6) is 0 Å². The second-order valence-electron chi connectivity index (χ2n) is 10.0. The summed E-state index contributed by atoms with van der Waals surface area (Å²) >= 11 is 1.65. The van der Waals surface area contributed by atoms with E-state index < -0.39 is 5.54 Å². The van der Waals surface area contributed by atoms with E-state index in [9.17, 15) is 0 Å². The predicted octanol–water partition coefficient (Wildman–Crippen LogP) is 6.69. The number of nitrogens with one attached hydrogen (secondary N) is 1. The zero-order valence-corrected chi connectivity index (χ0v) is 23.8. The standard InChI is InChI=1S/C30H38N6S/c1-11-25-14-13-19(3)17-26(25)20(4)18-34-24(8)35(30(9,10)23(7)31-12-2)22(6)27-21(5)28(37-29(27)34)36-32-15-16-33-36/h13-17,31H,4,6-8,11-12,18H2,1-3,5,9-10H3. The van der Waals surface area contributed by atoms with Crippen LogP contribution in [0.4, 0.5) is 5.00 Å². The zero-order valence-electron chi connectivity index (χ0n) is 23.0. The summed E-state index contributed by atoms with van der Waals surface area (Å²) in [7, 11) is 0. The summed E-state index contributed by atoms with van der Waals surface area (Å²) in [6.45, 7) is 32.3. The molecular weight excluding hydrogens is 476 g/mol. The highest BCUT2D eigenvalue weighted by molar-refractivity contribution is 7.19. The number of hydrogen-bond acceptors (Lipinski definition) is 6. The Bertz CT molecular complexity index is 1380. The molecule has 0 radical (unpaired) electrons. The van der Waals surface area contributed by atoms with Gasteiger partial charge in [-0.15, -0.1) is 4.80 Å². The van der Waals surface area contributed by atoms with Gasteiger partial charge < -0.3 is 15.1 Å². The first-order chi connectivity index (χ1) is 17.5. The number of hydrogen-bond donors (Lipinski definition) is 1. The molecule has 0 amide bonds. The zero-order chi connectivity index (χ0) is 27.1. The lowest BCUT2D eigenvalue weighted by atomic mass is 9.93. The van der Waals surface area contributed by atoms with Crippen molar-refractivity contribution in [2.45, 2.75) is 53.5 Å². The summed E-state index contributed by atoms with van der Waals surface area (Å²) in [5, 5.41) is 14.3. The lowest BCUT2D eigenvalue weighted by Crippen LogP contribution is -2.52. The molecule has 4 rings (SSSR count). The Labute approximate surface area is 225 Å². The fraction of sp³-hybridized carbons (Fsp3) is 0.333. The molecule has 3 heterocycles. The van der Waals surface area contributed by atoms with Crippen LogP contribution in [-0.2, 0) is 6.42 Å². The molecule has 0 saturated heterocycles. The molecule has 0 unspecified atom stereocenters. The maximum absolute atomic E-state index is 4.59. The first-order valence-electron chi connectivity index (χ1n) is 12.7. The number of anilines is 1. The summed E-state index contributed by atoms with van der Waals surface area (Å²) in [5.74, 6) is 0.842. The van der Waals surface area contributed by atoms with Crippen LogP contribution in [0.25, 0.3) is 16.3 Å². The number of aromatic nitrogens is 3. The van der Waals surface area contributed by atoms with Gasteiger partial charge >= 0.3 is 0 Å². The molecule has 3 aromatic rings. The van der Waals surface area contributed by atoms with Crippen molar-refractivity contribution in [2.75, 3.05) is 18.0 Å². The van der Waals surface area contributed by atoms with Gasteiger partial charge in [-0.05, 0) is 63.3 Å². The average molecular weight is 515 g/mol. The Morgan fingerprint density at radius 3 is 2.35 bits per heavy atom. The number of aryl methyl sites for hydroxylation is 2. The Hall–Kier alpha value is -3.58. The minimum Gasteiger partial charge on any atom is -0.387 e. The summed E-state index contributed by atoms with van der Waals surface area (Å²) in [5.41, 5.74) is 8.26. The third kappa shape index (κ3) is 4.53. The Morgan fingerprint density at radius 2 is 1.73 bits per heavy atom. The van der Waals surface area contributed by atoms with Gasteiger partial charge in [0.15, 0.2) is 0 Å². The number of benzene rings is 1. The quantitative estimate of drug-likeness (QED) is 0.345. The van der Waals surface area contributed by atoms with E-state index in [0.29, 0.717) is 6.54 Å². The van der Waals surface area contributed by atoms with Crippen LogP contribution in [0, 0.1) is 13.8 Å². The minimum atomic E-state index is -0.474. The molecule has 7 heteroatoms. The maximum atomic E-state index is 4.59. The van der Waals surface area contributed by atoms with Crippen molar-refractivity contribution in [3.05, 3.63) is 96.2 Å². The monoisotopic (exact) mass is 514 g/mol. The SMILES string of the molecule is C=C(CN1C(=C)N(C(C)(C)C(=C)NCC)C(=C)c2c1sc(-n1nccn1)c2C)c1cc(C)ccc1CC. The van der Waals surface area contributed by atoms with Crippen molar-refractivity contribution in [3.63, 3.8) is 0 Å². The second kappa shape index (κ2) is 10.1. The first-order valence-corrected chi connectivity index (χ1v) is 13.5. The average Bonchev–Trinajstić information content (AvgIpc) is 3.49. The van der Waals surface area contributed by atoms with Gasteiger partial charge in [0, 0.05) is 23.5 Å². The van der Waals surface area contributed by atoms with Gasteiger partial charge in [0.2, 0.25) is 0 Å². The highest BCUT2D eigenvalue weighted by atomic mass is 32.1. The van der Waals surface area contributed by atoms with E-state index in [1.54, 1.807) is 28.5 Å². The number of likely N-dealkylation sites (N-methyl/N-ethyl adjacent to an activating group) is 1. The second-order valence-corrected chi connectivity index (χ2v) is 11.0. The van der Waals surface area contributed by atoms with Gasteiger partial charge in [0.05, 0.1) is 24.5 Å². The van der Waals surface area contributed by atoms with Crippen molar-refractivity contribution in [1.82, 2.24) is 25.2 Å². The smallest absolute Gasteiger partial charge is 0.144 e. The van der Waals surface area contributed by atoms with Gasteiger partial charge in [-0.3, -0.25) is 0 Å². The molecule has 0 atom stereocenters. The molecule has 37 heavy (non-hydrogen) atoms. The van der Waals surface area contributed by atoms with E-state index in [0.717, 1.165) is 56.9 Å². The largest absolute Gasteiger partial charge is 0.387 e. The van der Waals surface area contributed by atoms with Crippen molar-refractivity contribution >= 4 is 27.6 Å². The van der Waals surface area contributed by atoms with E-state index in [2.05, 4.69) is 111 Å². The molecule has 0 aliphatic carbocycles. The molecule has 1 aliphatic heterocycles. The first kappa shape index (κ1) is 26.5. The van der Waals surface area contributed by atoms with E-state index >= 15 is 0 Å². The molecule has 1 N–H and O–H groups in total. The van der Waals surface area contributed by atoms with Crippen molar-refractivity contribution < 1.29 is 0 Å². The van der Waals surface area contributed by atoms with Crippen LogP contribution >= 0.6 is 11.3 Å².